The fourth-order valence-electron chi connectivity index (χ4n) is 6.57. The summed E-state index contributed by atoms with van der Waals surface area (Å²) in [6.07, 6.45) is 3.84. The summed E-state index contributed by atoms with van der Waals surface area (Å²) in [5, 5.41) is 21.5. The van der Waals surface area contributed by atoms with E-state index in [0.29, 0.717) is 60.8 Å². The van der Waals surface area contributed by atoms with Gasteiger partial charge in [0, 0.05) is 42.2 Å². The highest BCUT2D eigenvalue weighted by Crippen LogP contribution is 2.39. The lowest BCUT2D eigenvalue weighted by Gasteiger charge is -2.36. The molecule has 2 aromatic carbocycles. The summed E-state index contributed by atoms with van der Waals surface area (Å²) in [5.74, 6) is -0.114. The van der Waals surface area contributed by atoms with Crippen molar-refractivity contribution in [3.63, 3.8) is 0 Å². The van der Waals surface area contributed by atoms with Crippen LogP contribution in [0.5, 0.6) is 11.8 Å². The van der Waals surface area contributed by atoms with Gasteiger partial charge in [0.15, 0.2) is 5.82 Å². The molecular weight excluding hydrogens is 558 g/mol. The second-order valence-electron chi connectivity index (χ2n) is 12.0. The van der Waals surface area contributed by atoms with Crippen LogP contribution < -0.4 is 15.3 Å². The maximum Gasteiger partial charge on any atom is 0.349 e. The molecule has 0 amide bonds. The van der Waals surface area contributed by atoms with E-state index in [0.717, 1.165) is 13.0 Å². The summed E-state index contributed by atoms with van der Waals surface area (Å²) in [4.78, 5) is 26.3. The molecule has 2 atom stereocenters. The van der Waals surface area contributed by atoms with Gasteiger partial charge in [-0.3, -0.25) is 4.90 Å². The van der Waals surface area contributed by atoms with Gasteiger partial charge in [0.1, 0.15) is 28.9 Å². The van der Waals surface area contributed by atoms with Gasteiger partial charge in [-0.1, -0.05) is 12.1 Å². The largest absolute Gasteiger partial charge is 0.508 e. The van der Waals surface area contributed by atoms with E-state index in [2.05, 4.69) is 14.9 Å². The lowest BCUT2D eigenvalue weighted by Crippen LogP contribution is -2.43. The first-order chi connectivity index (χ1) is 20.5. The molecule has 9 nitrogen and oxygen atoms in total. The number of nitrogens with zero attached hydrogens (tertiary/aromatic N) is 4. The summed E-state index contributed by atoms with van der Waals surface area (Å²) in [6, 6.07) is 8.03. The van der Waals surface area contributed by atoms with Crippen LogP contribution in [0.15, 0.2) is 39.5 Å². The van der Waals surface area contributed by atoms with E-state index in [9.17, 15) is 23.8 Å². The maximum atomic E-state index is 14.8. The van der Waals surface area contributed by atoms with E-state index >= 15 is 0 Å². The van der Waals surface area contributed by atoms with E-state index in [1.54, 1.807) is 26.0 Å². The Bertz CT molecular complexity index is 1720. The number of methoxy groups -OCH3 is 1. The predicted molar refractivity (Wildman–Crippen MR) is 160 cm³/mol. The van der Waals surface area contributed by atoms with Gasteiger partial charge < -0.3 is 24.3 Å². The number of piperidine rings is 1. The molecule has 0 radical (unpaired) electrons. The highest BCUT2D eigenvalue weighted by molar-refractivity contribution is 6.00. The Morgan fingerprint density at radius 3 is 2.63 bits per heavy atom. The molecule has 0 bridgehead atoms. The number of phenols is 1. The van der Waals surface area contributed by atoms with E-state index in [1.165, 1.54) is 38.2 Å². The number of aromatic nitrogens is 2. The molecule has 3 aliphatic rings. The fourth-order valence-corrected chi connectivity index (χ4v) is 6.57. The number of halogens is 2. The Hall–Kier alpha value is -3.83. The van der Waals surface area contributed by atoms with E-state index in [1.807, 2.05) is 4.90 Å². The van der Waals surface area contributed by atoms with Gasteiger partial charge in [0.2, 0.25) is 0 Å². The Labute approximate surface area is 247 Å². The minimum Gasteiger partial charge on any atom is -0.508 e. The number of rotatable bonds is 3. The van der Waals surface area contributed by atoms with Crippen molar-refractivity contribution < 1.29 is 28.1 Å². The van der Waals surface area contributed by atoms with Crippen LogP contribution in [0.3, 0.4) is 0 Å². The van der Waals surface area contributed by atoms with Gasteiger partial charge in [-0.15, -0.1) is 0 Å². The second-order valence-corrected chi connectivity index (χ2v) is 12.0. The molecule has 2 N–H and O–H groups in total. The number of ether oxygens (including phenoxy) is 1. The predicted octanol–water partition coefficient (Wildman–Crippen LogP) is 5.11. The van der Waals surface area contributed by atoms with Crippen LogP contribution in [-0.2, 0) is 0 Å². The molecular formula is C32H36F2N4O5. The van der Waals surface area contributed by atoms with Crippen molar-refractivity contribution in [1.29, 1.82) is 0 Å². The Balaban J connectivity index is 0.000000310. The average molecular weight is 595 g/mol. The van der Waals surface area contributed by atoms with Crippen molar-refractivity contribution in [3.05, 3.63) is 52.1 Å². The number of aromatic hydroxyl groups is 1. The van der Waals surface area contributed by atoms with Crippen molar-refractivity contribution in [2.45, 2.75) is 63.8 Å². The van der Waals surface area contributed by atoms with Crippen LogP contribution in [0.4, 0.5) is 14.6 Å². The number of aliphatic hydroxyl groups is 1. The maximum absolute atomic E-state index is 14.8. The van der Waals surface area contributed by atoms with Crippen molar-refractivity contribution >= 4 is 27.5 Å². The van der Waals surface area contributed by atoms with E-state index in [-0.39, 0.29) is 33.9 Å². The van der Waals surface area contributed by atoms with Crippen molar-refractivity contribution in [1.82, 2.24) is 14.9 Å². The number of aryl methyl sites for hydroxylation is 1. The van der Waals surface area contributed by atoms with E-state index < -0.39 is 23.2 Å². The first-order valence-corrected chi connectivity index (χ1v) is 14.7. The third-order valence-electron chi connectivity index (χ3n) is 8.90. The lowest BCUT2D eigenvalue weighted by atomic mass is 9.93. The fraction of sp³-hybridized carbons (Fsp3) is 0.469. The molecule has 2 unspecified atom stereocenters. The van der Waals surface area contributed by atoms with Crippen molar-refractivity contribution in [2.24, 2.45) is 0 Å². The summed E-state index contributed by atoms with van der Waals surface area (Å²) in [5.41, 5.74) is -0.414. The third kappa shape index (κ3) is 5.63. The van der Waals surface area contributed by atoms with Crippen LogP contribution in [-0.4, -0.2) is 76.2 Å². The second kappa shape index (κ2) is 11.3. The molecule has 0 spiro atoms. The van der Waals surface area contributed by atoms with Gasteiger partial charge in [-0.2, -0.15) is 9.97 Å². The molecule has 2 aromatic heterocycles. The SMILES string of the molecule is COc1nc(N2CCC(C)(O)CC2)c2c(=O)oc(-c3cc(O)cc4cccc(F)c34)c(C)c2n1.FC1CC2CCCN2C1. The number of benzene rings is 2. The smallest absolute Gasteiger partial charge is 0.349 e. The van der Waals surface area contributed by atoms with Crippen LogP contribution in [0, 0.1) is 12.7 Å². The van der Waals surface area contributed by atoms with Gasteiger partial charge in [0.05, 0.1) is 18.2 Å². The zero-order chi connectivity index (χ0) is 30.5. The van der Waals surface area contributed by atoms with Gasteiger partial charge >= 0.3 is 11.6 Å². The molecule has 11 heteroatoms. The minimum atomic E-state index is -0.780. The lowest BCUT2D eigenvalue weighted by molar-refractivity contribution is 0.0350. The Kier molecular flexibility index (Phi) is 7.72. The minimum absolute atomic E-state index is 0.0754. The number of phenolic OH excluding ortho intramolecular Hbond substituents is 1. The number of fused-ring (bicyclic) bond motifs is 3. The standard InChI is InChI=1S/C25H24FN3O5.C7H12FN/c1-13-20-19(22(28-24(27-20)33-3)29-9-7-25(2,32)8-10-29)23(31)34-21(13)16-12-15(30)11-14-5-4-6-17(26)18(14)16;8-6-4-7-2-1-3-9(7)5-6/h4-6,11-12,30,32H,7-10H2,1-3H3;6-7H,1-5H2. The van der Waals surface area contributed by atoms with Gasteiger partial charge in [0.25, 0.3) is 0 Å². The zero-order valence-corrected chi connectivity index (χ0v) is 24.6. The monoisotopic (exact) mass is 594 g/mol. The van der Waals surface area contributed by atoms with Crippen LogP contribution in [0.25, 0.3) is 33.0 Å². The average Bonchev–Trinajstić information content (AvgIpc) is 3.55. The third-order valence-corrected chi connectivity index (χ3v) is 8.90. The van der Waals surface area contributed by atoms with E-state index in [4.69, 9.17) is 9.15 Å². The van der Waals surface area contributed by atoms with Crippen molar-refractivity contribution in [2.75, 3.05) is 38.2 Å². The number of anilines is 1. The molecule has 5 heterocycles. The zero-order valence-electron chi connectivity index (χ0n) is 24.6. The number of hydrogen-bond donors (Lipinski definition) is 2. The molecule has 0 aliphatic carbocycles. The highest BCUT2D eigenvalue weighted by atomic mass is 19.1. The molecule has 228 valence electrons. The molecule has 3 saturated heterocycles. The topological polar surface area (TPSA) is 112 Å². The Morgan fingerprint density at radius 2 is 1.91 bits per heavy atom. The molecule has 43 heavy (non-hydrogen) atoms. The first kappa shape index (κ1) is 29.3. The van der Waals surface area contributed by atoms with Gasteiger partial charge in [-0.25, -0.2) is 13.6 Å². The van der Waals surface area contributed by atoms with Crippen LogP contribution in [0.2, 0.25) is 0 Å². The summed E-state index contributed by atoms with van der Waals surface area (Å²) in [7, 11) is 1.44. The van der Waals surface area contributed by atoms with Crippen LogP contribution >= 0.6 is 0 Å². The van der Waals surface area contributed by atoms with Gasteiger partial charge in [-0.05, 0) is 76.1 Å². The summed E-state index contributed by atoms with van der Waals surface area (Å²) < 4.78 is 38.5. The number of alkyl halides is 1. The highest BCUT2D eigenvalue weighted by Gasteiger charge is 2.35. The van der Waals surface area contributed by atoms with Crippen molar-refractivity contribution in [3.8, 4) is 23.1 Å². The molecule has 4 aromatic rings. The molecule has 0 saturated carbocycles. The summed E-state index contributed by atoms with van der Waals surface area (Å²) >= 11 is 0. The Morgan fingerprint density at radius 1 is 1.14 bits per heavy atom. The van der Waals surface area contributed by atoms with Crippen LogP contribution in [0.1, 0.15) is 44.6 Å². The quantitative estimate of drug-likeness (QED) is 0.334. The first-order valence-electron chi connectivity index (χ1n) is 14.7. The molecule has 3 fully saturated rings. The molecule has 7 rings (SSSR count). The summed E-state index contributed by atoms with van der Waals surface area (Å²) in [6.45, 7) is 6.34. The normalized spacial score (nSPS) is 21.6. The number of hydrogen-bond acceptors (Lipinski definition) is 9. The molecule has 3 aliphatic heterocycles.